The molecular formula is C10H11N3OS. The van der Waals surface area contributed by atoms with Gasteiger partial charge in [0.05, 0.1) is 11.1 Å². The molecule has 0 unspecified atom stereocenters. The first-order chi connectivity index (χ1) is 7.24. The average molecular weight is 221 g/mol. The minimum atomic E-state index is 0.00866. The molecule has 2 aromatic rings. The zero-order valence-electron chi connectivity index (χ0n) is 8.60. The molecule has 0 aromatic carbocycles. The molecule has 5 heteroatoms. The summed E-state index contributed by atoms with van der Waals surface area (Å²) in [6, 6.07) is 1.94. The van der Waals surface area contributed by atoms with Crippen LogP contribution in [-0.4, -0.2) is 20.8 Å². The van der Waals surface area contributed by atoms with Crippen LogP contribution < -0.4 is 0 Å². The first-order valence-electron chi connectivity index (χ1n) is 4.71. The summed E-state index contributed by atoms with van der Waals surface area (Å²) >= 11 is 1.46. The van der Waals surface area contributed by atoms with E-state index in [2.05, 4.69) is 10.3 Å². The Morgan fingerprint density at radius 3 is 3.00 bits per heavy atom. The number of carbonyl (C=O) groups excluding carboxylic acids is 1. The lowest BCUT2D eigenvalue weighted by Gasteiger charge is -2.01. The summed E-state index contributed by atoms with van der Waals surface area (Å²) in [6.45, 7) is 4.53. The zero-order chi connectivity index (χ0) is 10.8. The van der Waals surface area contributed by atoms with Crippen LogP contribution in [0.2, 0.25) is 0 Å². The van der Waals surface area contributed by atoms with E-state index in [-0.39, 0.29) is 5.78 Å². The van der Waals surface area contributed by atoms with Crippen LogP contribution in [0.15, 0.2) is 17.6 Å². The van der Waals surface area contributed by atoms with E-state index in [9.17, 15) is 4.79 Å². The molecule has 4 nitrogen and oxygen atoms in total. The summed E-state index contributed by atoms with van der Waals surface area (Å²) in [5, 5.41) is 9.52. The standard InChI is InChI=1S/C10H11N3OS/c1-3-13-8(6-11-12-13)9(14)10-7(2)4-5-15-10/h4-6H,3H2,1-2H3. The number of aryl methyl sites for hydroxylation is 2. The predicted molar refractivity (Wildman–Crippen MR) is 58.2 cm³/mol. The van der Waals surface area contributed by atoms with Gasteiger partial charge in [-0.15, -0.1) is 16.4 Å². The van der Waals surface area contributed by atoms with Crippen LogP contribution in [0.25, 0.3) is 0 Å². The Hall–Kier alpha value is -1.49. The van der Waals surface area contributed by atoms with E-state index in [4.69, 9.17) is 0 Å². The van der Waals surface area contributed by atoms with E-state index in [1.807, 2.05) is 25.3 Å². The number of ketones is 1. The van der Waals surface area contributed by atoms with Crippen molar-refractivity contribution in [1.29, 1.82) is 0 Å². The molecule has 2 aromatic heterocycles. The van der Waals surface area contributed by atoms with Crippen LogP contribution in [0.3, 0.4) is 0 Å². The highest BCUT2D eigenvalue weighted by molar-refractivity contribution is 7.12. The number of nitrogens with zero attached hydrogens (tertiary/aromatic N) is 3. The first-order valence-corrected chi connectivity index (χ1v) is 5.59. The highest BCUT2D eigenvalue weighted by Crippen LogP contribution is 2.19. The van der Waals surface area contributed by atoms with Crippen molar-refractivity contribution in [2.75, 3.05) is 0 Å². The lowest BCUT2D eigenvalue weighted by molar-refractivity contribution is 0.103. The van der Waals surface area contributed by atoms with Gasteiger partial charge in [0, 0.05) is 6.54 Å². The smallest absolute Gasteiger partial charge is 0.222 e. The zero-order valence-corrected chi connectivity index (χ0v) is 9.41. The third-order valence-corrected chi connectivity index (χ3v) is 3.23. The minimum absolute atomic E-state index is 0.00866. The van der Waals surface area contributed by atoms with Crippen molar-refractivity contribution in [3.63, 3.8) is 0 Å². The van der Waals surface area contributed by atoms with Crippen LogP contribution in [0.1, 0.15) is 27.9 Å². The van der Waals surface area contributed by atoms with Crippen LogP contribution in [0.5, 0.6) is 0 Å². The molecule has 0 aliphatic carbocycles. The maximum Gasteiger partial charge on any atom is 0.222 e. The molecule has 0 bridgehead atoms. The van der Waals surface area contributed by atoms with Crippen LogP contribution in [-0.2, 0) is 6.54 Å². The van der Waals surface area contributed by atoms with Crippen molar-refractivity contribution in [3.05, 3.63) is 33.8 Å². The van der Waals surface area contributed by atoms with Gasteiger partial charge >= 0.3 is 0 Å². The molecule has 0 atom stereocenters. The van der Waals surface area contributed by atoms with Crippen molar-refractivity contribution in [3.8, 4) is 0 Å². The molecule has 0 aliphatic rings. The molecule has 78 valence electrons. The van der Waals surface area contributed by atoms with Crippen molar-refractivity contribution < 1.29 is 4.79 Å². The van der Waals surface area contributed by atoms with Crippen molar-refractivity contribution >= 4 is 17.1 Å². The molecule has 0 fully saturated rings. The fourth-order valence-electron chi connectivity index (χ4n) is 1.39. The molecule has 0 spiro atoms. The Labute approximate surface area is 91.5 Å². The van der Waals surface area contributed by atoms with Crippen molar-refractivity contribution in [2.24, 2.45) is 0 Å². The Balaban J connectivity index is 2.41. The minimum Gasteiger partial charge on any atom is -0.286 e. The third-order valence-electron chi connectivity index (χ3n) is 2.22. The molecule has 0 radical (unpaired) electrons. The molecule has 15 heavy (non-hydrogen) atoms. The summed E-state index contributed by atoms with van der Waals surface area (Å²) in [5.74, 6) is 0.00866. The number of rotatable bonds is 3. The van der Waals surface area contributed by atoms with Gasteiger partial charge in [0.15, 0.2) is 0 Å². The van der Waals surface area contributed by atoms with Gasteiger partial charge in [-0.25, -0.2) is 4.68 Å². The van der Waals surface area contributed by atoms with Gasteiger partial charge in [0.2, 0.25) is 5.78 Å². The lowest BCUT2D eigenvalue weighted by Crippen LogP contribution is -2.10. The monoisotopic (exact) mass is 221 g/mol. The van der Waals surface area contributed by atoms with Gasteiger partial charge < -0.3 is 0 Å². The Morgan fingerprint density at radius 1 is 1.60 bits per heavy atom. The molecule has 0 saturated carbocycles. The second kappa shape index (κ2) is 3.94. The Kier molecular flexibility index (Phi) is 2.64. The molecule has 0 N–H and O–H groups in total. The van der Waals surface area contributed by atoms with Gasteiger partial charge in [-0.3, -0.25) is 4.79 Å². The summed E-state index contributed by atoms with van der Waals surface area (Å²) in [4.78, 5) is 12.8. The van der Waals surface area contributed by atoms with Gasteiger partial charge in [0.1, 0.15) is 5.69 Å². The van der Waals surface area contributed by atoms with E-state index in [1.165, 1.54) is 17.5 Å². The van der Waals surface area contributed by atoms with Gasteiger partial charge in [-0.2, -0.15) is 0 Å². The van der Waals surface area contributed by atoms with Crippen LogP contribution >= 0.6 is 11.3 Å². The summed E-state index contributed by atoms with van der Waals surface area (Å²) < 4.78 is 1.61. The third kappa shape index (κ3) is 1.70. The van der Waals surface area contributed by atoms with E-state index >= 15 is 0 Å². The SMILES string of the molecule is CCn1nncc1C(=O)c1sccc1C. The Morgan fingerprint density at radius 2 is 2.40 bits per heavy atom. The second-order valence-electron chi connectivity index (χ2n) is 3.20. The number of hydrogen-bond donors (Lipinski definition) is 0. The fraction of sp³-hybridized carbons (Fsp3) is 0.300. The molecule has 0 amide bonds. The van der Waals surface area contributed by atoms with E-state index < -0.39 is 0 Å². The topological polar surface area (TPSA) is 47.8 Å². The maximum atomic E-state index is 12.1. The molecule has 2 rings (SSSR count). The summed E-state index contributed by atoms with van der Waals surface area (Å²) in [5.41, 5.74) is 1.57. The predicted octanol–water partition coefficient (Wildman–Crippen LogP) is 1.90. The Bertz CT molecular complexity index is 486. The number of carbonyl (C=O) groups is 1. The number of hydrogen-bond acceptors (Lipinski definition) is 4. The normalized spacial score (nSPS) is 10.5. The van der Waals surface area contributed by atoms with Crippen molar-refractivity contribution in [2.45, 2.75) is 20.4 Å². The van der Waals surface area contributed by atoms with Crippen LogP contribution in [0, 0.1) is 6.92 Å². The summed E-state index contributed by atoms with van der Waals surface area (Å²) in [6.07, 6.45) is 1.52. The number of aromatic nitrogens is 3. The van der Waals surface area contributed by atoms with Gasteiger partial charge in [-0.05, 0) is 30.9 Å². The van der Waals surface area contributed by atoms with Crippen molar-refractivity contribution in [1.82, 2.24) is 15.0 Å². The first kappa shape index (κ1) is 10.0. The van der Waals surface area contributed by atoms with E-state index in [0.29, 0.717) is 12.2 Å². The highest BCUT2D eigenvalue weighted by Gasteiger charge is 2.17. The van der Waals surface area contributed by atoms with Crippen LogP contribution in [0.4, 0.5) is 0 Å². The number of thiophene rings is 1. The quantitative estimate of drug-likeness (QED) is 0.744. The van der Waals surface area contributed by atoms with E-state index in [1.54, 1.807) is 4.68 Å². The highest BCUT2D eigenvalue weighted by atomic mass is 32.1. The molecular weight excluding hydrogens is 210 g/mol. The maximum absolute atomic E-state index is 12.1. The lowest BCUT2D eigenvalue weighted by atomic mass is 10.2. The average Bonchev–Trinajstić information content (AvgIpc) is 2.84. The molecule has 0 saturated heterocycles. The molecule has 2 heterocycles. The second-order valence-corrected chi connectivity index (χ2v) is 4.11. The van der Waals surface area contributed by atoms with E-state index in [0.717, 1.165) is 10.4 Å². The fourth-order valence-corrected chi connectivity index (χ4v) is 2.26. The molecule has 0 aliphatic heterocycles. The van der Waals surface area contributed by atoms with Gasteiger partial charge in [0.25, 0.3) is 0 Å². The summed E-state index contributed by atoms with van der Waals surface area (Å²) in [7, 11) is 0. The largest absolute Gasteiger partial charge is 0.286 e. The van der Waals surface area contributed by atoms with Gasteiger partial charge in [-0.1, -0.05) is 5.21 Å².